The minimum absolute atomic E-state index is 0.0334. The largest absolute Gasteiger partial charge is 0.353 e. The quantitative estimate of drug-likeness (QED) is 0.863. The van der Waals surface area contributed by atoms with Gasteiger partial charge in [-0.25, -0.2) is 0 Å². The summed E-state index contributed by atoms with van der Waals surface area (Å²) in [7, 11) is 0. The third-order valence-electron chi connectivity index (χ3n) is 4.47. The Labute approximate surface area is 144 Å². The van der Waals surface area contributed by atoms with Gasteiger partial charge in [-0.3, -0.25) is 14.5 Å². The van der Waals surface area contributed by atoms with Crippen LogP contribution in [0, 0.1) is 5.41 Å². The summed E-state index contributed by atoms with van der Waals surface area (Å²) in [6.45, 7) is 10.2. The fraction of sp³-hybridized carbons (Fsp3) is 0.579. The van der Waals surface area contributed by atoms with Crippen LogP contribution in [0.1, 0.15) is 38.8 Å². The van der Waals surface area contributed by atoms with Gasteiger partial charge in [-0.05, 0) is 24.5 Å². The van der Waals surface area contributed by atoms with E-state index in [0.29, 0.717) is 6.54 Å². The SMILES string of the molecule is CC(CNC(=O)CNC(=O)C(C)(C)C)N1CCc2ccccc2C1. The molecule has 1 aliphatic rings. The summed E-state index contributed by atoms with van der Waals surface area (Å²) in [5.41, 5.74) is 2.32. The molecule has 0 aromatic heterocycles. The maximum atomic E-state index is 11.9. The Morgan fingerprint density at radius 2 is 1.83 bits per heavy atom. The van der Waals surface area contributed by atoms with Gasteiger partial charge < -0.3 is 10.6 Å². The van der Waals surface area contributed by atoms with Crippen LogP contribution in [0.5, 0.6) is 0 Å². The smallest absolute Gasteiger partial charge is 0.239 e. The summed E-state index contributed by atoms with van der Waals surface area (Å²) in [6, 6.07) is 8.79. The van der Waals surface area contributed by atoms with E-state index in [1.165, 1.54) is 11.1 Å². The number of benzene rings is 1. The highest BCUT2D eigenvalue weighted by atomic mass is 16.2. The second-order valence-electron chi connectivity index (χ2n) is 7.57. The molecule has 2 N–H and O–H groups in total. The summed E-state index contributed by atoms with van der Waals surface area (Å²) in [5, 5.41) is 5.59. The van der Waals surface area contributed by atoms with Crippen molar-refractivity contribution in [2.45, 2.75) is 46.7 Å². The van der Waals surface area contributed by atoms with Crippen LogP contribution in [0.4, 0.5) is 0 Å². The van der Waals surface area contributed by atoms with Crippen molar-refractivity contribution < 1.29 is 9.59 Å². The molecule has 1 heterocycles. The molecule has 0 radical (unpaired) electrons. The molecule has 1 unspecified atom stereocenters. The summed E-state index contributed by atoms with van der Waals surface area (Å²) in [5.74, 6) is -0.254. The number of hydrogen-bond donors (Lipinski definition) is 2. The minimum Gasteiger partial charge on any atom is -0.353 e. The molecule has 132 valence electrons. The highest BCUT2D eigenvalue weighted by molar-refractivity contribution is 5.87. The van der Waals surface area contributed by atoms with Gasteiger partial charge >= 0.3 is 0 Å². The lowest BCUT2D eigenvalue weighted by Gasteiger charge is -2.33. The van der Waals surface area contributed by atoms with E-state index in [1.807, 2.05) is 20.8 Å². The molecule has 2 rings (SSSR count). The van der Waals surface area contributed by atoms with Crippen LogP contribution in [-0.4, -0.2) is 42.4 Å². The Bertz CT molecular complexity index is 593. The van der Waals surface area contributed by atoms with Gasteiger partial charge in [0.2, 0.25) is 11.8 Å². The second-order valence-corrected chi connectivity index (χ2v) is 7.57. The fourth-order valence-electron chi connectivity index (χ4n) is 2.77. The lowest BCUT2D eigenvalue weighted by Crippen LogP contribution is -2.47. The molecule has 5 heteroatoms. The predicted octanol–water partition coefficient (Wildman–Crippen LogP) is 1.71. The molecule has 1 aromatic rings. The number of hydrogen-bond acceptors (Lipinski definition) is 3. The maximum absolute atomic E-state index is 11.9. The highest BCUT2D eigenvalue weighted by Crippen LogP contribution is 2.19. The highest BCUT2D eigenvalue weighted by Gasteiger charge is 2.22. The molecule has 24 heavy (non-hydrogen) atoms. The number of carbonyl (C=O) groups excluding carboxylic acids is 2. The molecule has 1 atom stereocenters. The first-order valence-electron chi connectivity index (χ1n) is 8.63. The number of fused-ring (bicyclic) bond motifs is 1. The molecule has 1 aromatic carbocycles. The molecule has 0 saturated carbocycles. The Hall–Kier alpha value is -1.88. The molecular weight excluding hydrogens is 302 g/mol. The van der Waals surface area contributed by atoms with Crippen molar-refractivity contribution in [3.05, 3.63) is 35.4 Å². The van der Waals surface area contributed by atoms with Gasteiger partial charge in [0.25, 0.3) is 0 Å². The van der Waals surface area contributed by atoms with Crippen LogP contribution >= 0.6 is 0 Å². The van der Waals surface area contributed by atoms with Crippen molar-refractivity contribution in [3.63, 3.8) is 0 Å². The van der Waals surface area contributed by atoms with Gasteiger partial charge in [0, 0.05) is 31.1 Å². The van der Waals surface area contributed by atoms with E-state index in [4.69, 9.17) is 0 Å². The normalized spacial score (nSPS) is 16.2. The standard InChI is InChI=1S/C19H29N3O2/c1-14(11-20-17(23)12-21-18(24)19(2,3)4)22-10-9-15-7-5-6-8-16(15)13-22/h5-8,14H,9-13H2,1-4H3,(H,20,23)(H,21,24). The van der Waals surface area contributed by atoms with Crippen LogP contribution in [-0.2, 0) is 22.6 Å². The Balaban J connectivity index is 1.74. The first-order valence-corrected chi connectivity index (χ1v) is 8.63. The number of rotatable bonds is 5. The van der Waals surface area contributed by atoms with Crippen LogP contribution in [0.25, 0.3) is 0 Å². The topological polar surface area (TPSA) is 61.4 Å². The average molecular weight is 331 g/mol. The van der Waals surface area contributed by atoms with Crippen molar-refractivity contribution in [1.29, 1.82) is 0 Å². The molecule has 0 aliphatic carbocycles. The van der Waals surface area contributed by atoms with Gasteiger partial charge in [-0.2, -0.15) is 0 Å². The zero-order valence-corrected chi connectivity index (χ0v) is 15.2. The average Bonchev–Trinajstić information content (AvgIpc) is 2.56. The monoisotopic (exact) mass is 331 g/mol. The van der Waals surface area contributed by atoms with Crippen molar-refractivity contribution in [2.24, 2.45) is 5.41 Å². The van der Waals surface area contributed by atoms with Crippen LogP contribution in [0.2, 0.25) is 0 Å². The Morgan fingerprint density at radius 1 is 1.17 bits per heavy atom. The van der Waals surface area contributed by atoms with Crippen molar-refractivity contribution in [3.8, 4) is 0 Å². The zero-order chi connectivity index (χ0) is 17.7. The third-order valence-corrected chi connectivity index (χ3v) is 4.47. The summed E-state index contributed by atoms with van der Waals surface area (Å²) >= 11 is 0. The number of amides is 2. The van der Waals surface area contributed by atoms with E-state index in [-0.39, 0.29) is 24.4 Å². The zero-order valence-electron chi connectivity index (χ0n) is 15.2. The predicted molar refractivity (Wildman–Crippen MR) is 95.5 cm³/mol. The lowest BCUT2D eigenvalue weighted by molar-refractivity contribution is -0.131. The van der Waals surface area contributed by atoms with E-state index in [1.54, 1.807) is 0 Å². The maximum Gasteiger partial charge on any atom is 0.239 e. The van der Waals surface area contributed by atoms with Crippen LogP contribution in [0.3, 0.4) is 0 Å². The molecule has 2 amide bonds. The van der Waals surface area contributed by atoms with Gasteiger partial charge in [0.1, 0.15) is 0 Å². The Kier molecular flexibility index (Phi) is 5.99. The number of nitrogens with zero attached hydrogens (tertiary/aromatic N) is 1. The van der Waals surface area contributed by atoms with Crippen molar-refractivity contribution in [2.75, 3.05) is 19.6 Å². The van der Waals surface area contributed by atoms with E-state index in [9.17, 15) is 9.59 Å². The summed E-state index contributed by atoms with van der Waals surface area (Å²) in [6.07, 6.45) is 1.05. The van der Waals surface area contributed by atoms with E-state index < -0.39 is 5.41 Å². The van der Waals surface area contributed by atoms with Crippen LogP contribution in [0.15, 0.2) is 24.3 Å². The fourth-order valence-corrected chi connectivity index (χ4v) is 2.77. The number of carbonyl (C=O) groups is 2. The summed E-state index contributed by atoms with van der Waals surface area (Å²) in [4.78, 5) is 26.1. The molecule has 5 nitrogen and oxygen atoms in total. The van der Waals surface area contributed by atoms with E-state index in [0.717, 1.165) is 19.5 Å². The first kappa shape index (κ1) is 18.5. The van der Waals surface area contributed by atoms with Gasteiger partial charge in [-0.1, -0.05) is 45.0 Å². The van der Waals surface area contributed by atoms with Crippen LogP contribution < -0.4 is 10.6 Å². The second kappa shape index (κ2) is 7.79. The van der Waals surface area contributed by atoms with E-state index in [2.05, 4.69) is 46.7 Å². The van der Waals surface area contributed by atoms with Crippen molar-refractivity contribution >= 4 is 11.8 Å². The van der Waals surface area contributed by atoms with Gasteiger partial charge in [-0.15, -0.1) is 0 Å². The molecule has 0 saturated heterocycles. The van der Waals surface area contributed by atoms with E-state index >= 15 is 0 Å². The lowest BCUT2D eigenvalue weighted by atomic mass is 9.96. The third kappa shape index (κ3) is 5.06. The molecule has 0 fully saturated rings. The first-order chi connectivity index (χ1) is 11.3. The van der Waals surface area contributed by atoms with Gasteiger partial charge in [0.15, 0.2) is 0 Å². The van der Waals surface area contributed by atoms with Crippen molar-refractivity contribution in [1.82, 2.24) is 15.5 Å². The number of nitrogens with one attached hydrogen (secondary N) is 2. The Morgan fingerprint density at radius 3 is 2.50 bits per heavy atom. The molecule has 0 spiro atoms. The van der Waals surface area contributed by atoms with Gasteiger partial charge in [0.05, 0.1) is 6.54 Å². The summed E-state index contributed by atoms with van der Waals surface area (Å²) < 4.78 is 0. The molecule has 1 aliphatic heterocycles. The molecular formula is C19H29N3O2. The minimum atomic E-state index is -0.477. The molecule has 0 bridgehead atoms.